The predicted octanol–water partition coefficient (Wildman–Crippen LogP) is 2.04. The second-order valence-electron chi connectivity index (χ2n) is 4.00. The first kappa shape index (κ1) is 12.8. The first-order chi connectivity index (χ1) is 8.52. The van der Waals surface area contributed by atoms with Crippen molar-refractivity contribution in [2.45, 2.75) is 19.4 Å². The van der Waals surface area contributed by atoms with Crippen LogP contribution in [0, 0.1) is 5.82 Å². The van der Waals surface area contributed by atoms with E-state index in [1.165, 1.54) is 18.2 Å². The number of benzene rings is 1. The molecule has 1 aliphatic rings. The number of likely N-dealkylation sites (N-methyl/N-ethyl adjacent to an activating group) is 1. The van der Waals surface area contributed by atoms with Crippen molar-refractivity contribution in [3.05, 3.63) is 29.0 Å². The molecule has 0 spiro atoms. The van der Waals surface area contributed by atoms with Crippen LogP contribution in [0.4, 0.5) is 10.1 Å². The van der Waals surface area contributed by atoms with Crippen molar-refractivity contribution in [1.29, 1.82) is 0 Å². The quantitative estimate of drug-likeness (QED) is 0.855. The summed E-state index contributed by atoms with van der Waals surface area (Å²) in [5.74, 6) is -1.08. The van der Waals surface area contributed by atoms with Crippen LogP contribution < -0.4 is 5.32 Å². The number of nitrogens with zero attached hydrogens (tertiary/aromatic N) is 1. The van der Waals surface area contributed by atoms with Crippen LogP contribution in [-0.4, -0.2) is 29.3 Å². The minimum absolute atomic E-state index is 0.0403. The van der Waals surface area contributed by atoms with Gasteiger partial charge in [0.2, 0.25) is 5.91 Å². The molecule has 0 bridgehead atoms. The standard InChI is InChI=1S/C12H12ClFN2O2/c1-2-16-11(17)6-10(12(16)18)15-9-5-7(13)3-4-8(9)14/h3-5,10,15H,2,6H2,1H3. The second kappa shape index (κ2) is 4.94. The Morgan fingerprint density at radius 3 is 2.83 bits per heavy atom. The lowest BCUT2D eigenvalue weighted by Crippen LogP contribution is -2.34. The Kier molecular flexibility index (Phi) is 3.52. The zero-order valence-electron chi connectivity index (χ0n) is 9.74. The Morgan fingerprint density at radius 2 is 2.22 bits per heavy atom. The summed E-state index contributed by atoms with van der Waals surface area (Å²) in [7, 11) is 0. The Hall–Kier alpha value is -1.62. The lowest BCUT2D eigenvalue weighted by molar-refractivity contribution is -0.138. The molecular formula is C12H12ClFN2O2. The molecule has 6 heteroatoms. The molecule has 1 atom stereocenters. The van der Waals surface area contributed by atoms with E-state index in [0.29, 0.717) is 11.6 Å². The minimum Gasteiger partial charge on any atom is -0.371 e. The normalized spacial score (nSPS) is 19.5. The van der Waals surface area contributed by atoms with Gasteiger partial charge in [-0.3, -0.25) is 14.5 Å². The van der Waals surface area contributed by atoms with Gasteiger partial charge in [-0.1, -0.05) is 11.6 Å². The molecule has 2 amide bonds. The lowest BCUT2D eigenvalue weighted by Gasteiger charge is -2.14. The number of imide groups is 1. The number of hydrogen-bond acceptors (Lipinski definition) is 3. The number of likely N-dealkylation sites (tertiary alicyclic amines) is 1. The Balaban J connectivity index is 2.18. The minimum atomic E-state index is -0.717. The van der Waals surface area contributed by atoms with Gasteiger partial charge in [-0.2, -0.15) is 0 Å². The predicted molar refractivity (Wildman–Crippen MR) is 65.8 cm³/mol. The molecule has 4 nitrogen and oxygen atoms in total. The zero-order valence-corrected chi connectivity index (χ0v) is 10.5. The van der Waals surface area contributed by atoms with Crippen LogP contribution in [0.1, 0.15) is 13.3 Å². The van der Waals surface area contributed by atoms with Crippen LogP contribution in [-0.2, 0) is 9.59 Å². The molecule has 1 aromatic carbocycles. The molecule has 1 aromatic rings. The molecule has 18 heavy (non-hydrogen) atoms. The number of rotatable bonds is 3. The molecule has 1 unspecified atom stereocenters. The highest BCUT2D eigenvalue weighted by Crippen LogP contribution is 2.23. The Labute approximate surface area is 109 Å². The van der Waals surface area contributed by atoms with E-state index in [1.807, 2.05) is 0 Å². The van der Waals surface area contributed by atoms with Crippen molar-refractivity contribution >= 4 is 29.1 Å². The van der Waals surface area contributed by atoms with E-state index in [0.717, 1.165) is 4.90 Å². The molecular weight excluding hydrogens is 259 g/mol. The molecule has 0 aliphatic carbocycles. The fourth-order valence-corrected chi connectivity index (χ4v) is 2.10. The fraction of sp³-hybridized carbons (Fsp3) is 0.333. The molecule has 0 aromatic heterocycles. The van der Waals surface area contributed by atoms with Crippen molar-refractivity contribution in [1.82, 2.24) is 4.90 Å². The summed E-state index contributed by atoms with van der Waals surface area (Å²) in [6.45, 7) is 2.05. The third-order valence-electron chi connectivity index (χ3n) is 2.82. The highest BCUT2D eigenvalue weighted by Gasteiger charge is 2.37. The monoisotopic (exact) mass is 270 g/mol. The number of halogens is 2. The summed E-state index contributed by atoms with van der Waals surface area (Å²) in [5.41, 5.74) is 0.131. The van der Waals surface area contributed by atoms with Gasteiger partial charge in [-0.15, -0.1) is 0 Å². The molecule has 1 N–H and O–H groups in total. The molecule has 1 fully saturated rings. The van der Waals surface area contributed by atoms with Gasteiger partial charge in [0.1, 0.15) is 11.9 Å². The topological polar surface area (TPSA) is 49.4 Å². The maximum absolute atomic E-state index is 13.5. The Morgan fingerprint density at radius 1 is 1.50 bits per heavy atom. The van der Waals surface area contributed by atoms with Gasteiger partial charge < -0.3 is 5.32 Å². The fourth-order valence-electron chi connectivity index (χ4n) is 1.92. The van der Waals surface area contributed by atoms with Gasteiger partial charge in [0.25, 0.3) is 5.91 Å². The van der Waals surface area contributed by atoms with Crippen LogP contribution in [0.2, 0.25) is 5.02 Å². The van der Waals surface area contributed by atoms with Crippen LogP contribution in [0.5, 0.6) is 0 Å². The largest absolute Gasteiger partial charge is 0.371 e. The number of amides is 2. The van der Waals surface area contributed by atoms with E-state index in [2.05, 4.69) is 5.32 Å². The van der Waals surface area contributed by atoms with Crippen molar-refractivity contribution < 1.29 is 14.0 Å². The average molecular weight is 271 g/mol. The van der Waals surface area contributed by atoms with E-state index in [9.17, 15) is 14.0 Å². The SMILES string of the molecule is CCN1C(=O)CC(Nc2cc(Cl)ccc2F)C1=O. The van der Waals surface area contributed by atoms with Crippen LogP contribution in [0.25, 0.3) is 0 Å². The molecule has 0 radical (unpaired) electrons. The first-order valence-electron chi connectivity index (χ1n) is 5.58. The van der Waals surface area contributed by atoms with E-state index >= 15 is 0 Å². The summed E-state index contributed by atoms with van der Waals surface area (Å²) in [6.07, 6.45) is 0.0403. The summed E-state index contributed by atoms with van der Waals surface area (Å²) in [4.78, 5) is 24.5. The molecule has 1 heterocycles. The van der Waals surface area contributed by atoms with Gasteiger partial charge in [-0.05, 0) is 25.1 Å². The third-order valence-corrected chi connectivity index (χ3v) is 3.05. The van der Waals surface area contributed by atoms with Crippen LogP contribution in [0.3, 0.4) is 0 Å². The molecule has 96 valence electrons. The molecule has 0 saturated carbocycles. The van der Waals surface area contributed by atoms with Crippen molar-refractivity contribution in [3.8, 4) is 0 Å². The highest BCUT2D eigenvalue weighted by atomic mass is 35.5. The van der Waals surface area contributed by atoms with E-state index < -0.39 is 11.9 Å². The molecule has 2 rings (SSSR count). The maximum atomic E-state index is 13.5. The van der Waals surface area contributed by atoms with Crippen molar-refractivity contribution in [2.75, 3.05) is 11.9 Å². The van der Waals surface area contributed by atoms with E-state index in [1.54, 1.807) is 6.92 Å². The lowest BCUT2D eigenvalue weighted by atomic mass is 10.2. The van der Waals surface area contributed by atoms with E-state index in [-0.39, 0.29) is 23.9 Å². The number of carbonyl (C=O) groups is 2. The van der Waals surface area contributed by atoms with Gasteiger partial charge in [0.15, 0.2) is 0 Å². The Bertz CT molecular complexity index is 507. The zero-order chi connectivity index (χ0) is 13.3. The van der Waals surface area contributed by atoms with E-state index in [4.69, 9.17) is 11.6 Å². The number of carbonyl (C=O) groups excluding carboxylic acids is 2. The molecule has 1 saturated heterocycles. The van der Waals surface area contributed by atoms with Crippen LogP contribution in [0.15, 0.2) is 18.2 Å². The third kappa shape index (κ3) is 2.31. The summed E-state index contributed by atoms with van der Waals surface area (Å²) >= 11 is 5.75. The van der Waals surface area contributed by atoms with Crippen LogP contribution >= 0.6 is 11.6 Å². The molecule has 1 aliphatic heterocycles. The van der Waals surface area contributed by atoms with Gasteiger partial charge in [-0.25, -0.2) is 4.39 Å². The van der Waals surface area contributed by atoms with Gasteiger partial charge in [0.05, 0.1) is 12.1 Å². The van der Waals surface area contributed by atoms with Gasteiger partial charge in [0, 0.05) is 11.6 Å². The highest BCUT2D eigenvalue weighted by molar-refractivity contribution is 6.30. The van der Waals surface area contributed by atoms with Gasteiger partial charge >= 0.3 is 0 Å². The second-order valence-corrected chi connectivity index (χ2v) is 4.44. The van der Waals surface area contributed by atoms with Crippen molar-refractivity contribution in [2.24, 2.45) is 0 Å². The number of hydrogen-bond donors (Lipinski definition) is 1. The maximum Gasteiger partial charge on any atom is 0.252 e. The van der Waals surface area contributed by atoms with Crippen molar-refractivity contribution in [3.63, 3.8) is 0 Å². The summed E-state index contributed by atoms with van der Waals surface area (Å²) in [5, 5.41) is 3.09. The first-order valence-corrected chi connectivity index (χ1v) is 5.96. The number of nitrogens with one attached hydrogen (secondary N) is 1. The summed E-state index contributed by atoms with van der Waals surface area (Å²) in [6, 6.07) is 3.31. The summed E-state index contributed by atoms with van der Waals surface area (Å²) < 4.78 is 13.5. The number of anilines is 1. The average Bonchev–Trinajstić information content (AvgIpc) is 2.59. The smallest absolute Gasteiger partial charge is 0.252 e.